The molecular weight excluding hydrogens is 1050 g/mol. The highest BCUT2D eigenvalue weighted by atomic mass is 35.5. The Morgan fingerprint density at radius 1 is 0.797 bits per heavy atom. The first-order valence-electron chi connectivity index (χ1n) is 24.1. The van der Waals surface area contributed by atoms with E-state index in [1.54, 1.807) is 61.6 Å². The van der Waals surface area contributed by atoms with Crippen LogP contribution in [0.3, 0.4) is 0 Å². The lowest BCUT2D eigenvalue weighted by Crippen LogP contribution is -2.61. The number of primary amides is 1. The Morgan fingerprint density at radius 3 is 2.12 bits per heavy atom. The van der Waals surface area contributed by atoms with Crippen LogP contribution in [0.5, 0.6) is 0 Å². The minimum absolute atomic E-state index is 0.0353. The van der Waals surface area contributed by atoms with Crippen molar-refractivity contribution < 1.29 is 43.2 Å². The van der Waals surface area contributed by atoms with Gasteiger partial charge in [-0.2, -0.15) is 11.8 Å². The molecule has 21 nitrogen and oxygen atoms in total. The molecule has 0 spiro atoms. The van der Waals surface area contributed by atoms with Gasteiger partial charge in [-0.3, -0.25) is 48.1 Å². The highest BCUT2D eigenvalue weighted by molar-refractivity contribution is 7.99. The number of nitrogens with one attached hydrogen (secondary N) is 7. The van der Waals surface area contributed by atoms with Gasteiger partial charge in [0.2, 0.25) is 53.2 Å². The van der Waals surface area contributed by atoms with E-state index in [1.165, 1.54) is 39.8 Å². The molecule has 1 aromatic carbocycles. The molecule has 26 heteroatoms. The van der Waals surface area contributed by atoms with Crippen molar-refractivity contribution in [2.75, 3.05) is 36.2 Å². The maximum atomic E-state index is 14.7. The van der Waals surface area contributed by atoms with Gasteiger partial charge < -0.3 is 59.3 Å². The normalized spacial score (nSPS) is 22.0. The summed E-state index contributed by atoms with van der Waals surface area (Å²) in [5.74, 6) is -6.60. The van der Waals surface area contributed by atoms with Crippen LogP contribution in [0.4, 0.5) is 0 Å². The number of halogens is 1. The molecule has 0 saturated carbocycles. The predicted molar refractivity (Wildman–Crippen MR) is 289 cm³/mol. The first-order valence-corrected chi connectivity index (χ1v) is 28.5. The van der Waals surface area contributed by atoms with Gasteiger partial charge in [-0.05, 0) is 77.9 Å². The molecule has 2 aliphatic rings. The number of nitrogens with two attached hydrogens (primary N) is 3. The van der Waals surface area contributed by atoms with E-state index in [4.69, 9.17) is 28.8 Å². The minimum Gasteiger partial charge on any atom is -0.370 e. The van der Waals surface area contributed by atoms with Crippen molar-refractivity contribution in [3.8, 4) is 0 Å². The second-order valence-corrected chi connectivity index (χ2v) is 22.6. The maximum Gasteiger partial charge on any atom is 0.247 e. The monoisotopic (exact) mass is 1120 g/mol. The smallest absolute Gasteiger partial charge is 0.247 e. The zero-order chi connectivity index (χ0) is 53.7. The van der Waals surface area contributed by atoms with Crippen LogP contribution in [-0.2, 0) is 62.4 Å². The number of hydrogen-bond donors (Lipinski definition) is 10. The van der Waals surface area contributed by atoms with Gasteiger partial charge in [0.1, 0.15) is 42.3 Å². The number of guanidine groups is 1. The van der Waals surface area contributed by atoms with Crippen molar-refractivity contribution >= 4 is 117 Å². The molecule has 0 radical (unpaired) electrons. The van der Waals surface area contributed by atoms with Crippen LogP contribution in [0.25, 0.3) is 0 Å². The summed E-state index contributed by atoms with van der Waals surface area (Å²) in [4.78, 5) is 132. The van der Waals surface area contributed by atoms with E-state index in [9.17, 15) is 43.2 Å². The second kappa shape index (κ2) is 29.9. The number of hydrogen-bond acceptors (Lipinski definition) is 14. The lowest BCUT2D eigenvalue weighted by Gasteiger charge is -2.30. The SMILES string of the molecule is CC(C)[C@@H]1NC(=O)[C@H](Cc2cccs2)NC(=O)[C@H](Cc2ccc(Cl)cc2)NC(=O)CCCSC[C@@H](C(=O)N2CSC[C@H]2C(=O)N[C@H](CCCN=C(N)N)C(=O)NCCc2cccs2)NC(=O)[C@H](CC(N)=O)NC1=O. The van der Waals surface area contributed by atoms with Crippen molar-refractivity contribution in [3.05, 3.63) is 79.6 Å². The lowest BCUT2D eigenvalue weighted by atomic mass is 10.0. The van der Waals surface area contributed by atoms with E-state index in [-0.39, 0.29) is 62.0 Å². The number of benzene rings is 1. The third kappa shape index (κ3) is 19.1. The molecule has 4 heterocycles. The number of thioether (sulfide) groups is 2. The number of thiophene rings is 2. The van der Waals surface area contributed by atoms with Crippen LogP contribution >= 0.6 is 57.8 Å². The van der Waals surface area contributed by atoms with Crippen molar-refractivity contribution in [3.63, 3.8) is 0 Å². The van der Waals surface area contributed by atoms with Gasteiger partial charge >= 0.3 is 0 Å². The fourth-order valence-corrected chi connectivity index (χ4v) is 11.6. The summed E-state index contributed by atoms with van der Waals surface area (Å²) in [6.07, 6.45) is 0.737. The molecule has 0 aliphatic carbocycles. The first-order chi connectivity index (χ1) is 35.4. The van der Waals surface area contributed by atoms with Gasteiger partial charge in [-0.15, -0.1) is 34.4 Å². The average Bonchev–Trinajstić information content (AvgIpc) is 4.18. The highest BCUT2D eigenvalue weighted by Crippen LogP contribution is 2.24. The van der Waals surface area contributed by atoms with Crippen LogP contribution in [-0.4, -0.2) is 143 Å². The molecular formula is C48H65ClN12O9S4. The Kier molecular flexibility index (Phi) is 23.8. The van der Waals surface area contributed by atoms with Gasteiger partial charge in [0.25, 0.3) is 0 Å². The molecule has 2 saturated heterocycles. The molecule has 3 aromatic rings. The fourth-order valence-electron chi connectivity index (χ4n) is 7.89. The van der Waals surface area contributed by atoms with Gasteiger partial charge in [0.15, 0.2) is 5.96 Å². The molecule has 13 N–H and O–H groups in total. The predicted octanol–water partition coefficient (Wildman–Crippen LogP) is 0.529. The number of carbonyl (C=O) groups is 9. The molecule has 74 heavy (non-hydrogen) atoms. The number of rotatable bonds is 18. The second-order valence-electron chi connectivity index (χ2n) is 18.0. The summed E-state index contributed by atoms with van der Waals surface area (Å²) in [5.41, 5.74) is 17.3. The highest BCUT2D eigenvalue weighted by Gasteiger charge is 2.41. The van der Waals surface area contributed by atoms with Gasteiger partial charge in [-0.25, -0.2) is 0 Å². The average molecular weight is 1120 g/mol. The Bertz CT molecular complexity index is 2430. The van der Waals surface area contributed by atoms with E-state index in [1.807, 2.05) is 22.9 Å². The molecule has 9 amide bonds. The molecule has 7 atom stereocenters. The standard InChI is InChI=1S/C48H65ClN12O9S4/c1-27(2)40-46(69)58-35(23-38(50)62)43(66)59-36(47(70)61-26-72-25-37(61)45(68)56-32(9-3-16-54-48(51)52)41(64)53-17-15-30-7-4-19-73-30)24-71-18-6-10-39(63)55-33(21-28-11-13-29(49)14-12-28)42(65)57-34(44(67)60-40)22-31-8-5-20-74-31/h4-5,7-8,11-14,19-20,27,32-37,40H,3,6,9-10,15-18,21-26H2,1-2H3,(H2,50,62)(H,53,64)(H,55,63)(H,56,68)(H,57,65)(H,58,69)(H,59,66)(H,60,67)(H4,51,52,54)/t32-,33+,34+,35+,36+,37+,40+/m1/s1. The third-order valence-corrected chi connectivity index (χ3v) is 16.0. The van der Waals surface area contributed by atoms with Crippen LogP contribution in [0.2, 0.25) is 5.02 Å². The minimum atomic E-state index is -1.62. The van der Waals surface area contributed by atoms with Crippen molar-refractivity contribution in [2.24, 2.45) is 28.1 Å². The summed E-state index contributed by atoms with van der Waals surface area (Å²) in [6, 6.07) is 5.48. The summed E-state index contributed by atoms with van der Waals surface area (Å²) in [5, 5.41) is 23.5. The van der Waals surface area contributed by atoms with Crippen LogP contribution in [0, 0.1) is 5.92 Å². The van der Waals surface area contributed by atoms with E-state index in [2.05, 4.69) is 42.2 Å². The molecule has 2 fully saturated rings. The van der Waals surface area contributed by atoms with Gasteiger partial charge in [0.05, 0.1) is 12.3 Å². The number of carbonyl (C=O) groups excluding carboxylic acids is 9. The Hall–Kier alpha value is -5.89. The topological polar surface area (TPSA) is 331 Å². The maximum absolute atomic E-state index is 14.7. The Labute approximate surface area is 451 Å². The summed E-state index contributed by atoms with van der Waals surface area (Å²) in [7, 11) is 0. The first kappa shape index (κ1) is 59.0. The van der Waals surface area contributed by atoms with Gasteiger partial charge in [-0.1, -0.05) is 49.7 Å². The van der Waals surface area contributed by atoms with Crippen LogP contribution < -0.4 is 54.4 Å². The molecule has 0 unspecified atom stereocenters. The quantitative estimate of drug-likeness (QED) is 0.0473. The third-order valence-electron chi connectivity index (χ3n) is 11.8. The van der Waals surface area contributed by atoms with E-state index in [0.29, 0.717) is 35.7 Å². The molecule has 2 aromatic heterocycles. The number of amides is 9. The number of nitrogens with zero attached hydrogens (tertiary/aromatic N) is 2. The van der Waals surface area contributed by atoms with Crippen LogP contribution in [0.1, 0.15) is 61.3 Å². The van der Waals surface area contributed by atoms with Crippen molar-refractivity contribution in [1.29, 1.82) is 0 Å². The van der Waals surface area contributed by atoms with E-state index >= 15 is 0 Å². The zero-order valence-electron chi connectivity index (χ0n) is 41.1. The molecule has 402 valence electrons. The molecule has 0 bridgehead atoms. The Morgan fingerprint density at radius 2 is 1.46 bits per heavy atom. The van der Waals surface area contributed by atoms with Crippen LogP contribution in [0.15, 0.2) is 64.3 Å². The molecule has 2 aliphatic heterocycles. The summed E-state index contributed by atoms with van der Waals surface area (Å²) < 4.78 is 0. The van der Waals surface area contributed by atoms with E-state index < -0.39 is 108 Å². The number of aliphatic imine (C=N–C) groups is 1. The van der Waals surface area contributed by atoms with Crippen molar-refractivity contribution in [2.45, 2.75) is 108 Å². The fraction of sp³-hybridized carbons (Fsp3) is 0.500. The largest absolute Gasteiger partial charge is 0.370 e. The molecule has 5 rings (SSSR count). The van der Waals surface area contributed by atoms with E-state index in [0.717, 1.165) is 9.75 Å². The van der Waals surface area contributed by atoms with Crippen molar-refractivity contribution in [1.82, 2.24) is 42.1 Å². The summed E-state index contributed by atoms with van der Waals surface area (Å²) in [6.45, 7) is 3.82. The Balaban J connectivity index is 1.40. The van der Waals surface area contributed by atoms with Gasteiger partial charge in [0, 0.05) is 58.6 Å². The lowest BCUT2D eigenvalue weighted by molar-refractivity contribution is -0.142. The zero-order valence-corrected chi connectivity index (χ0v) is 45.1. The summed E-state index contributed by atoms with van der Waals surface area (Å²) >= 11 is 11.6.